The second-order valence-electron chi connectivity index (χ2n) is 4.02. The number of aromatic nitrogens is 2. The summed E-state index contributed by atoms with van der Waals surface area (Å²) < 4.78 is 26.0. The molecule has 2 rings (SSSR count). The molecule has 0 aliphatic rings. The Balaban J connectivity index is 2.30. The minimum Gasteiger partial charge on any atom is -0.305 e. The molecule has 1 amide bonds. The van der Waals surface area contributed by atoms with Crippen molar-refractivity contribution in [3.05, 3.63) is 45.6 Å². The van der Waals surface area contributed by atoms with Crippen LogP contribution >= 0.6 is 11.6 Å². The lowest BCUT2D eigenvalue weighted by Crippen LogP contribution is -2.14. The molecule has 0 atom stereocenters. The number of amides is 1. The number of hydrogen-bond acceptors (Lipinski definition) is 2. The summed E-state index contributed by atoms with van der Waals surface area (Å²) in [6, 6.07) is 1.51. The van der Waals surface area contributed by atoms with Gasteiger partial charge in [0.15, 0.2) is 17.5 Å². The molecular formula is C12H10ClF2N3O. The number of aryl methyl sites for hydroxylation is 1. The molecule has 2 N–H and O–H groups in total. The van der Waals surface area contributed by atoms with E-state index in [0.717, 1.165) is 23.4 Å². The molecule has 0 unspecified atom stereocenters. The van der Waals surface area contributed by atoms with Crippen LogP contribution in [0.1, 0.15) is 21.6 Å². The molecule has 0 saturated heterocycles. The Morgan fingerprint density at radius 2 is 1.95 bits per heavy atom. The summed E-state index contributed by atoms with van der Waals surface area (Å²) in [5, 5.41) is 8.89. The number of carbonyl (C=O) groups is 1. The smallest absolute Gasteiger partial charge is 0.258 e. The Kier molecular flexibility index (Phi) is 3.53. The summed E-state index contributed by atoms with van der Waals surface area (Å²) in [7, 11) is 0. The van der Waals surface area contributed by atoms with Crippen molar-refractivity contribution in [1.82, 2.24) is 10.2 Å². The molecule has 19 heavy (non-hydrogen) atoms. The molecule has 4 nitrogen and oxygen atoms in total. The van der Waals surface area contributed by atoms with Gasteiger partial charge in [-0.25, -0.2) is 8.78 Å². The predicted octanol–water partition coefficient (Wildman–Crippen LogP) is 3.21. The van der Waals surface area contributed by atoms with Gasteiger partial charge in [0.25, 0.3) is 5.91 Å². The number of hydrogen-bond donors (Lipinski definition) is 2. The monoisotopic (exact) mass is 285 g/mol. The van der Waals surface area contributed by atoms with Gasteiger partial charge in [-0.05, 0) is 26.0 Å². The number of H-pyrrole nitrogens is 1. The first-order valence-corrected chi connectivity index (χ1v) is 5.75. The first-order chi connectivity index (χ1) is 8.90. The second-order valence-corrected chi connectivity index (χ2v) is 4.43. The molecule has 1 aromatic heterocycles. The molecule has 0 spiro atoms. The normalized spacial score (nSPS) is 10.6. The third-order valence-corrected chi connectivity index (χ3v) is 3.05. The van der Waals surface area contributed by atoms with Crippen molar-refractivity contribution in [1.29, 1.82) is 0 Å². The van der Waals surface area contributed by atoms with Gasteiger partial charge in [-0.1, -0.05) is 11.6 Å². The van der Waals surface area contributed by atoms with Gasteiger partial charge < -0.3 is 5.32 Å². The van der Waals surface area contributed by atoms with Crippen LogP contribution in [0.3, 0.4) is 0 Å². The van der Waals surface area contributed by atoms with E-state index in [2.05, 4.69) is 15.5 Å². The molecule has 1 heterocycles. The zero-order valence-corrected chi connectivity index (χ0v) is 10.9. The Hall–Kier alpha value is -1.95. The van der Waals surface area contributed by atoms with Crippen molar-refractivity contribution in [2.45, 2.75) is 13.8 Å². The molecule has 0 fully saturated rings. The number of anilines is 1. The highest BCUT2D eigenvalue weighted by Gasteiger charge is 2.17. The molecule has 1 aromatic carbocycles. The van der Waals surface area contributed by atoms with Gasteiger partial charge in [0.1, 0.15) is 0 Å². The maximum absolute atomic E-state index is 13.1. The van der Waals surface area contributed by atoms with E-state index in [-0.39, 0.29) is 10.6 Å². The Morgan fingerprint density at radius 1 is 1.32 bits per heavy atom. The van der Waals surface area contributed by atoms with E-state index in [1.165, 1.54) is 0 Å². The number of carbonyl (C=O) groups excluding carboxylic acids is 1. The van der Waals surface area contributed by atoms with Gasteiger partial charge in [0, 0.05) is 11.3 Å². The van der Waals surface area contributed by atoms with Crippen LogP contribution in [-0.4, -0.2) is 16.1 Å². The van der Waals surface area contributed by atoms with Crippen molar-refractivity contribution in [2.24, 2.45) is 0 Å². The highest BCUT2D eigenvalue weighted by atomic mass is 35.5. The standard InChI is InChI=1S/C12H10ClF2N3O/c1-5-6(2)17-18-11(5)16-12(19)7-3-9(14)10(15)4-8(7)13/h3-4H,1-2H3,(H2,16,17,18,19). The van der Waals surface area contributed by atoms with Crippen molar-refractivity contribution in [3.63, 3.8) is 0 Å². The molecule has 7 heteroatoms. The number of benzene rings is 1. The highest BCUT2D eigenvalue weighted by molar-refractivity contribution is 6.34. The SMILES string of the molecule is Cc1[nH]nc(NC(=O)c2cc(F)c(F)cc2Cl)c1C. The van der Waals surface area contributed by atoms with E-state index in [9.17, 15) is 13.6 Å². The van der Waals surface area contributed by atoms with Crippen LogP contribution in [0.25, 0.3) is 0 Å². The number of aromatic amines is 1. The van der Waals surface area contributed by atoms with Crippen LogP contribution in [0.4, 0.5) is 14.6 Å². The largest absolute Gasteiger partial charge is 0.305 e. The first-order valence-electron chi connectivity index (χ1n) is 5.37. The van der Waals surface area contributed by atoms with Crippen LogP contribution in [0, 0.1) is 25.5 Å². The average Bonchev–Trinajstić information content (AvgIpc) is 2.65. The lowest BCUT2D eigenvalue weighted by molar-refractivity contribution is 0.102. The molecule has 0 aliphatic carbocycles. The predicted molar refractivity (Wildman–Crippen MR) is 67.4 cm³/mol. The lowest BCUT2D eigenvalue weighted by atomic mass is 10.2. The van der Waals surface area contributed by atoms with Crippen LogP contribution in [0.2, 0.25) is 5.02 Å². The summed E-state index contributed by atoms with van der Waals surface area (Å²) >= 11 is 5.71. The van der Waals surface area contributed by atoms with Crippen molar-refractivity contribution >= 4 is 23.3 Å². The van der Waals surface area contributed by atoms with Crippen LogP contribution < -0.4 is 5.32 Å². The van der Waals surface area contributed by atoms with Gasteiger partial charge in [0.2, 0.25) is 0 Å². The van der Waals surface area contributed by atoms with Gasteiger partial charge in [0.05, 0.1) is 10.6 Å². The van der Waals surface area contributed by atoms with E-state index in [1.807, 2.05) is 0 Å². The summed E-state index contributed by atoms with van der Waals surface area (Å²) in [6.45, 7) is 3.56. The van der Waals surface area contributed by atoms with E-state index in [0.29, 0.717) is 5.82 Å². The quantitative estimate of drug-likeness (QED) is 0.833. The highest BCUT2D eigenvalue weighted by Crippen LogP contribution is 2.22. The van der Waals surface area contributed by atoms with Crippen molar-refractivity contribution < 1.29 is 13.6 Å². The number of rotatable bonds is 2. The van der Waals surface area contributed by atoms with Crippen LogP contribution in [-0.2, 0) is 0 Å². The Bertz CT molecular complexity index is 655. The van der Waals surface area contributed by atoms with E-state index in [4.69, 9.17) is 11.6 Å². The second kappa shape index (κ2) is 4.97. The molecule has 0 saturated carbocycles. The van der Waals surface area contributed by atoms with Crippen molar-refractivity contribution in [2.75, 3.05) is 5.32 Å². The lowest BCUT2D eigenvalue weighted by Gasteiger charge is -2.06. The topological polar surface area (TPSA) is 57.8 Å². The third-order valence-electron chi connectivity index (χ3n) is 2.74. The molecular weight excluding hydrogens is 276 g/mol. The van der Waals surface area contributed by atoms with E-state index >= 15 is 0 Å². The first kappa shape index (κ1) is 13.5. The number of halogens is 3. The van der Waals surface area contributed by atoms with E-state index in [1.54, 1.807) is 13.8 Å². The van der Waals surface area contributed by atoms with Gasteiger partial charge in [-0.2, -0.15) is 5.10 Å². The molecule has 100 valence electrons. The summed E-state index contributed by atoms with van der Waals surface area (Å²) in [5.41, 5.74) is 1.40. The minimum absolute atomic E-state index is 0.152. The molecule has 0 aliphatic heterocycles. The summed E-state index contributed by atoms with van der Waals surface area (Å²) in [5.74, 6) is -2.57. The fourth-order valence-electron chi connectivity index (χ4n) is 1.48. The van der Waals surface area contributed by atoms with E-state index < -0.39 is 17.5 Å². The van der Waals surface area contributed by atoms with Gasteiger partial charge >= 0.3 is 0 Å². The average molecular weight is 286 g/mol. The summed E-state index contributed by atoms with van der Waals surface area (Å²) in [4.78, 5) is 11.9. The number of nitrogens with zero attached hydrogens (tertiary/aromatic N) is 1. The molecule has 2 aromatic rings. The molecule has 0 radical (unpaired) electrons. The zero-order chi connectivity index (χ0) is 14.2. The Labute approximate surface area is 112 Å². The van der Waals surface area contributed by atoms with Gasteiger partial charge in [-0.3, -0.25) is 9.89 Å². The Morgan fingerprint density at radius 3 is 2.53 bits per heavy atom. The fourth-order valence-corrected chi connectivity index (χ4v) is 1.71. The minimum atomic E-state index is -1.13. The third kappa shape index (κ3) is 2.58. The summed E-state index contributed by atoms with van der Waals surface area (Å²) in [6.07, 6.45) is 0. The van der Waals surface area contributed by atoms with Crippen LogP contribution in [0.5, 0.6) is 0 Å². The maximum Gasteiger partial charge on any atom is 0.258 e. The molecule has 0 bridgehead atoms. The van der Waals surface area contributed by atoms with Gasteiger partial charge in [-0.15, -0.1) is 0 Å². The van der Waals surface area contributed by atoms with Crippen LogP contribution in [0.15, 0.2) is 12.1 Å². The zero-order valence-electron chi connectivity index (χ0n) is 10.1. The maximum atomic E-state index is 13.1. The fraction of sp³-hybridized carbons (Fsp3) is 0.167. The number of nitrogens with one attached hydrogen (secondary N) is 2. The van der Waals surface area contributed by atoms with Crippen molar-refractivity contribution in [3.8, 4) is 0 Å².